The molecule has 1 N–H and O–H groups in total. The van der Waals surface area contributed by atoms with Crippen LogP contribution in [0.1, 0.15) is 17.2 Å². The fraction of sp³-hybridized carbons (Fsp3) is 0.133. The minimum atomic E-state index is -0.986. The summed E-state index contributed by atoms with van der Waals surface area (Å²) in [6.07, 6.45) is 0. The predicted molar refractivity (Wildman–Crippen MR) is 145 cm³/mol. The third-order valence-electron chi connectivity index (χ3n) is 6.32. The van der Waals surface area contributed by atoms with Crippen LogP contribution < -0.4 is 10.1 Å². The first-order valence-electron chi connectivity index (χ1n) is 12.3. The van der Waals surface area contributed by atoms with E-state index in [4.69, 9.17) is 4.74 Å². The normalized spacial score (nSPS) is 11.6. The highest BCUT2D eigenvalue weighted by Crippen LogP contribution is 2.27. The van der Waals surface area contributed by atoms with Crippen LogP contribution in [0.2, 0.25) is 0 Å². The molecule has 0 unspecified atom stereocenters. The average Bonchev–Trinajstić information content (AvgIpc) is 3.37. The van der Waals surface area contributed by atoms with E-state index in [-0.39, 0.29) is 24.8 Å². The zero-order chi connectivity index (χ0) is 27.2. The second kappa shape index (κ2) is 11.6. The lowest BCUT2D eigenvalue weighted by atomic mass is 10.0. The van der Waals surface area contributed by atoms with Crippen LogP contribution >= 0.6 is 0 Å². The SMILES string of the molecule is COc1ccc(NC(=O)[C@H](c2ccccc2)N(Cc2ccc(F)cc2)C(=O)Cn2nnc3ccccc32)cc1. The van der Waals surface area contributed by atoms with E-state index in [0.717, 1.165) is 0 Å². The standard InChI is InChI=1S/C30H26FN5O3/c1-39-25-17-15-24(16-18-25)32-30(38)29(22-7-3-2-4-8-22)35(19-21-11-13-23(31)14-12-21)28(37)20-36-27-10-6-5-9-26(27)33-34-36/h2-18,29H,19-20H2,1H3,(H,32,38)/t29-/m0/s1. The van der Waals surface area contributed by atoms with Gasteiger partial charge in [-0.1, -0.05) is 59.8 Å². The lowest BCUT2D eigenvalue weighted by molar-refractivity contribution is -0.140. The number of methoxy groups -OCH3 is 1. The van der Waals surface area contributed by atoms with Crippen molar-refractivity contribution in [2.45, 2.75) is 19.1 Å². The number of hydrogen-bond acceptors (Lipinski definition) is 5. The van der Waals surface area contributed by atoms with E-state index in [1.54, 1.807) is 55.6 Å². The summed E-state index contributed by atoms with van der Waals surface area (Å²) in [5.41, 5.74) is 3.21. The van der Waals surface area contributed by atoms with Crippen molar-refractivity contribution >= 4 is 28.5 Å². The Morgan fingerprint density at radius 2 is 1.62 bits per heavy atom. The second-order valence-electron chi connectivity index (χ2n) is 8.91. The fourth-order valence-corrected chi connectivity index (χ4v) is 4.36. The minimum Gasteiger partial charge on any atom is -0.497 e. The number of nitrogens with one attached hydrogen (secondary N) is 1. The van der Waals surface area contributed by atoms with Gasteiger partial charge < -0.3 is 15.0 Å². The van der Waals surface area contributed by atoms with E-state index >= 15 is 0 Å². The van der Waals surface area contributed by atoms with E-state index in [1.807, 2.05) is 42.5 Å². The van der Waals surface area contributed by atoms with Gasteiger partial charge in [0.25, 0.3) is 5.91 Å². The number of aromatic nitrogens is 3. The van der Waals surface area contributed by atoms with Gasteiger partial charge >= 0.3 is 0 Å². The van der Waals surface area contributed by atoms with Gasteiger partial charge in [-0.05, 0) is 59.7 Å². The van der Waals surface area contributed by atoms with E-state index < -0.39 is 11.9 Å². The molecule has 39 heavy (non-hydrogen) atoms. The van der Waals surface area contributed by atoms with Crippen molar-refractivity contribution in [3.8, 4) is 5.75 Å². The molecule has 5 rings (SSSR count). The molecule has 1 heterocycles. The van der Waals surface area contributed by atoms with Gasteiger partial charge in [-0.2, -0.15) is 0 Å². The van der Waals surface area contributed by atoms with Crippen LogP contribution in [0.5, 0.6) is 5.75 Å². The largest absolute Gasteiger partial charge is 0.497 e. The van der Waals surface area contributed by atoms with Gasteiger partial charge in [0.1, 0.15) is 29.7 Å². The number of amides is 2. The molecule has 1 aromatic heterocycles. The molecule has 0 radical (unpaired) electrons. The van der Waals surface area contributed by atoms with E-state index in [9.17, 15) is 14.0 Å². The zero-order valence-electron chi connectivity index (χ0n) is 21.2. The summed E-state index contributed by atoms with van der Waals surface area (Å²) in [5, 5.41) is 11.2. The van der Waals surface area contributed by atoms with Gasteiger partial charge in [0, 0.05) is 12.2 Å². The molecule has 0 saturated carbocycles. The number of ether oxygens (including phenoxy) is 1. The molecule has 0 aliphatic heterocycles. The highest BCUT2D eigenvalue weighted by molar-refractivity contribution is 5.98. The van der Waals surface area contributed by atoms with E-state index in [0.29, 0.717) is 33.6 Å². The number of rotatable bonds is 9. The molecule has 9 heteroatoms. The Morgan fingerprint density at radius 1 is 0.923 bits per heavy atom. The van der Waals surface area contributed by atoms with Crippen LogP contribution in [-0.4, -0.2) is 38.8 Å². The Labute approximate surface area is 224 Å². The molecule has 4 aromatic carbocycles. The third kappa shape index (κ3) is 5.93. The van der Waals surface area contributed by atoms with Crippen molar-refractivity contribution in [2.75, 3.05) is 12.4 Å². The molecule has 0 aliphatic rings. The lowest BCUT2D eigenvalue weighted by Gasteiger charge is -2.31. The summed E-state index contributed by atoms with van der Waals surface area (Å²) >= 11 is 0. The summed E-state index contributed by atoms with van der Waals surface area (Å²) in [6, 6.07) is 28.2. The van der Waals surface area contributed by atoms with E-state index in [2.05, 4.69) is 15.6 Å². The van der Waals surface area contributed by atoms with Crippen LogP contribution in [0, 0.1) is 5.82 Å². The van der Waals surface area contributed by atoms with Gasteiger partial charge in [-0.25, -0.2) is 9.07 Å². The van der Waals surface area contributed by atoms with Gasteiger partial charge in [-0.15, -0.1) is 5.10 Å². The minimum absolute atomic E-state index is 0.0708. The van der Waals surface area contributed by atoms with Crippen molar-refractivity contribution in [3.63, 3.8) is 0 Å². The summed E-state index contributed by atoms with van der Waals surface area (Å²) in [4.78, 5) is 29.3. The number of anilines is 1. The summed E-state index contributed by atoms with van der Waals surface area (Å²) in [6.45, 7) is -0.0673. The summed E-state index contributed by atoms with van der Waals surface area (Å²) in [7, 11) is 1.57. The number of hydrogen-bond donors (Lipinski definition) is 1. The molecular formula is C30H26FN5O3. The first kappa shape index (κ1) is 25.6. The molecule has 1 atom stereocenters. The third-order valence-corrected chi connectivity index (χ3v) is 6.32. The maximum Gasteiger partial charge on any atom is 0.251 e. The molecular weight excluding hydrogens is 497 g/mol. The number of para-hydroxylation sites is 1. The van der Waals surface area contributed by atoms with Crippen LogP contribution in [0.15, 0.2) is 103 Å². The first-order valence-corrected chi connectivity index (χ1v) is 12.3. The number of benzene rings is 4. The van der Waals surface area contributed by atoms with Crippen LogP contribution in [-0.2, 0) is 22.7 Å². The Kier molecular flexibility index (Phi) is 7.58. The van der Waals surface area contributed by atoms with Crippen molar-refractivity contribution < 1.29 is 18.7 Å². The smallest absolute Gasteiger partial charge is 0.251 e. The molecule has 5 aromatic rings. The Hall–Kier alpha value is -5.05. The van der Waals surface area contributed by atoms with Gasteiger partial charge in [0.2, 0.25) is 5.91 Å². The Bertz CT molecular complexity index is 1570. The van der Waals surface area contributed by atoms with Crippen LogP contribution in [0.25, 0.3) is 11.0 Å². The topological polar surface area (TPSA) is 89.4 Å². The molecule has 0 saturated heterocycles. The molecule has 0 fully saturated rings. The monoisotopic (exact) mass is 523 g/mol. The quantitative estimate of drug-likeness (QED) is 0.294. The number of carbonyl (C=O) groups excluding carboxylic acids is 2. The maximum atomic E-state index is 13.9. The van der Waals surface area contributed by atoms with Crippen molar-refractivity contribution in [1.82, 2.24) is 19.9 Å². The second-order valence-corrected chi connectivity index (χ2v) is 8.91. The summed E-state index contributed by atoms with van der Waals surface area (Å²) < 4.78 is 20.4. The Morgan fingerprint density at radius 3 is 2.33 bits per heavy atom. The number of fused-ring (bicyclic) bond motifs is 1. The molecule has 0 bridgehead atoms. The van der Waals surface area contributed by atoms with Crippen LogP contribution in [0.4, 0.5) is 10.1 Å². The van der Waals surface area contributed by atoms with Crippen LogP contribution in [0.3, 0.4) is 0 Å². The van der Waals surface area contributed by atoms with Crippen molar-refractivity contribution in [3.05, 3.63) is 120 Å². The van der Waals surface area contributed by atoms with Gasteiger partial charge in [0.05, 0.1) is 12.6 Å². The molecule has 0 spiro atoms. The summed E-state index contributed by atoms with van der Waals surface area (Å²) in [5.74, 6) is -0.484. The number of carbonyl (C=O) groups is 2. The molecule has 2 amide bonds. The predicted octanol–water partition coefficient (Wildman–Crippen LogP) is 4.99. The number of halogens is 1. The van der Waals surface area contributed by atoms with Crippen molar-refractivity contribution in [2.24, 2.45) is 0 Å². The number of nitrogens with zero attached hydrogens (tertiary/aromatic N) is 4. The molecule has 196 valence electrons. The lowest BCUT2D eigenvalue weighted by Crippen LogP contribution is -2.42. The fourth-order valence-electron chi connectivity index (χ4n) is 4.36. The average molecular weight is 524 g/mol. The first-order chi connectivity index (χ1) is 19.0. The van der Waals surface area contributed by atoms with Crippen molar-refractivity contribution in [1.29, 1.82) is 0 Å². The van der Waals surface area contributed by atoms with E-state index in [1.165, 1.54) is 21.7 Å². The zero-order valence-corrected chi connectivity index (χ0v) is 21.2. The Balaban J connectivity index is 1.52. The van der Waals surface area contributed by atoms with Gasteiger partial charge in [0.15, 0.2) is 0 Å². The highest BCUT2D eigenvalue weighted by atomic mass is 19.1. The highest BCUT2D eigenvalue weighted by Gasteiger charge is 2.32. The van der Waals surface area contributed by atoms with Gasteiger partial charge in [-0.3, -0.25) is 9.59 Å². The maximum absolute atomic E-state index is 13.9. The molecule has 0 aliphatic carbocycles. The molecule has 8 nitrogen and oxygen atoms in total.